The molecule has 0 saturated heterocycles. The lowest BCUT2D eigenvalue weighted by atomic mass is 9.63. The van der Waals surface area contributed by atoms with E-state index in [9.17, 15) is 4.39 Å². The predicted molar refractivity (Wildman–Crippen MR) is 122 cm³/mol. The molecule has 0 nitrogen and oxygen atoms in total. The van der Waals surface area contributed by atoms with Crippen molar-refractivity contribution in [3.8, 4) is 11.1 Å². The van der Waals surface area contributed by atoms with E-state index in [4.69, 9.17) is 11.6 Å². The average Bonchev–Trinajstić information content (AvgIpc) is 2.75. The van der Waals surface area contributed by atoms with E-state index >= 15 is 0 Å². The molecule has 4 rings (SSSR count). The lowest BCUT2D eigenvalue weighted by Crippen LogP contribution is -2.30. The molecule has 0 bridgehead atoms. The molecule has 154 valence electrons. The summed E-state index contributed by atoms with van der Waals surface area (Å²) in [5, 5.41) is 0.179. The molecule has 29 heavy (non-hydrogen) atoms. The van der Waals surface area contributed by atoms with Crippen LogP contribution in [-0.4, -0.2) is 0 Å². The van der Waals surface area contributed by atoms with Crippen molar-refractivity contribution in [3.05, 3.63) is 71.0 Å². The molecule has 2 aromatic rings. The van der Waals surface area contributed by atoms with Crippen molar-refractivity contribution in [3.63, 3.8) is 0 Å². The van der Waals surface area contributed by atoms with Crippen LogP contribution in [-0.2, 0) is 0 Å². The fraction of sp³-hybridized carbons (Fsp3) is 0.481. The smallest absolute Gasteiger partial charge is 0.142 e. The Bertz CT molecular complexity index is 838. The summed E-state index contributed by atoms with van der Waals surface area (Å²) in [5.74, 6) is 3.14. The van der Waals surface area contributed by atoms with Crippen molar-refractivity contribution < 1.29 is 4.39 Å². The molecule has 2 aromatic carbocycles. The minimum atomic E-state index is -0.354. The summed E-state index contributed by atoms with van der Waals surface area (Å²) in [7, 11) is 0. The molecule has 0 amide bonds. The first kappa shape index (κ1) is 20.7. The molecule has 4 unspecified atom stereocenters. The molecule has 0 spiro atoms. The quantitative estimate of drug-likeness (QED) is 0.432. The fourth-order valence-electron chi connectivity index (χ4n) is 5.67. The van der Waals surface area contributed by atoms with E-state index in [2.05, 4.69) is 43.3 Å². The monoisotopic (exact) mass is 410 g/mol. The minimum Gasteiger partial charge on any atom is -0.205 e. The van der Waals surface area contributed by atoms with Gasteiger partial charge in [0.15, 0.2) is 0 Å². The zero-order valence-electron chi connectivity index (χ0n) is 17.4. The number of rotatable bonds is 5. The zero-order chi connectivity index (χ0) is 20.2. The van der Waals surface area contributed by atoms with Gasteiger partial charge in [0.05, 0.1) is 5.02 Å². The molecule has 0 radical (unpaired) electrons. The molecular weight excluding hydrogens is 379 g/mol. The van der Waals surface area contributed by atoms with Gasteiger partial charge < -0.3 is 0 Å². The Morgan fingerprint density at radius 3 is 2.41 bits per heavy atom. The second kappa shape index (κ2) is 9.47. The third-order valence-corrected chi connectivity index (χ3v) is 7.64. The Morgan fingerprint density at radius 2 is 1.66 bits per heavy atom. The van der Waals surface area contributed by atoms with Gasteiger partial charge in [-0.15, -0.1) is 0 Å². The van der Waals surface area contributed by atoms with Gasteiger partial charge >= 0.3 is 0 Å². The number of benzene rings is 2. The molecule has 4 atom stereocenters. The van der Waals surface area contributed by atoms with Crippen molar-refractivity contribution in [2.24, 2.45) is 17.8 Å². The number of fused-ring (bicyclic) bond motifs is 1. The minimum absolute atomic E-state index is 0.179. The summed E-state index contributed by atoms with van der Waals surface area (Å²) in [6, 6.07) is 13.9. The van der Waals surface area contributed by atoms with Crippen molar-refractivity contribution in [1.82, 2.24) is 0 Å². The molecule has 0 N–H and O–H groups in total. The van der Waals surface area contributed by atoms with Crippen LogP contribution in [0.15, 0.2) is 54.6 Å². The van der Waals surface area contributed by atoms with Gasteiger partial charge in [0.25, 0.3) is 0 Å². The van der Waals surface area contributed by atoms with Crippen molar-refractivity contribution in [2.75, 3.05) is 0 Å². The Kier molecular flexibility index (Phi) is 6.75. The molecule has 2 heteroatoms. The van der Waals surface area contributed by atoms with Crippen LogP contribution in [0.25, 0.3) is 11.1 Å². The predicted octanol–water partition coefficient (Wildman–Crippen LogP) is 8.80. The summed E-state index contributed by atoms with van der Waals surface area (Å²) < 4.78 is 13.8. The van der Waals surface area contributed by atoms with E-state index < -0.39 is 0 Å². The number of allylic oxidation sites excluding steroid dienone is 2. The Morgan fingerprint density at radius 1 is 0.931 bits per heavy atom. The molecule has 0 aliphatic heterocycles. The maximum Gasteiger partial charge on any atom is 0.142 e. The summed E-state index contributed by atoms with van der Waals surface area (Å²) in [5.41, 5.74) is 3.40. The van der Waals surface area contributed by atoms with E-state index in [-0.39, 0.29) is 10.8 Å². The van der Waals surface area contributed by atoms with Crippen LogP contribution in [0, 0.1) is 23.6 Å². The molecule has 2 aliphatic rings. The van der Waals surface area contributed by atoms with Gasteiger partial charge in [-0.3, -0.25) is 0 Å². The summed E-state index contributed by atoms with van der Waals surface area (Å²) in [6.45, 7) is 2.12. The second-order valence-corrected chi connectivity index (χ2v) is 9.51. The highest BCUT2D eigenvalue weighted by Crippen LogP contribution is 2.48. The van der Waals surface area contributed by atoms with Crippen LogP contribution >= 0.6 is 11.6 Å². The van der Waals surface area contributed by atoms with Crippen LogP contribution in [0.5, 0.6) is 0 Å². The number of hydrogen-bond acceptors (Lipinski definition) is 0. The van der Waals surface area contributed by atoms with Gasteiger partial charge in [0, 0.05) is 0 Å². The van der Waals surface area contributed by atoms with E-state index in [0.29, 0.717) is 5.92 Å². The van der Waals surface area contributed by atoms with Crippen LogP contribution in [0.3, 0.4) is 0 Å². The second-order valence-electron chi connectivity index (χ2n) is 9.11. The first-order chi connectivity index (χ1) is 14.1. The Labute approximate surface area is 180 Å². The molecule has 0 aromatic heterocycles. The SMILES string of the molecule is C/C=C/CCC1CCC2CC(c3ccc(-c4ccc(Cl)c(F)c4)cc3)CCC2C1. The molecular formula is C27H32ClF. The van der Waals surface area contributed by atoms with Gasteiger partial charge in [-0.1, -0.05) is 60.5 Å². The lowest BCUT2D eigenvalue weighted by Gasteiger charge is -2.42. The van der Waals surface area contributed by atoms with Crippen molar-refractivity contribution in [2.45, 2.75) is 64.2 Å². The highest BCUT2D eigenvalue weighted by Gasteiger charge is 2.35. The van der Waals surface area contributed by atoms with E-state index in [1.54, 1.807) is 6.07 Å². The van der Waals surface area contributed by atoms with E-state index in [1.165, 1.54) is 63.0 Å². The van der Waals surface area contributed by atoms with Gasteiger partial charge in [-0.25, -0.2) is 4.39 Å². The normalized spacial score (nSPS) is 27.1. The molecule has 2 fully saturated rings. The van der Waals surface area contributed by atoms with Crippen LogP contribution < -0.4 is 0 Å². The topological polar surface area (TPSA) is 0 Å². The fourth-order valence-corrected chi connectivity index (χ4v) is 5.79. The van der Waals surface area contributed by atoms with Crippen LogP contribution in [0.1, 0.15) is 69.8 Å². The van der Waals surface area contributed by atoms with E-state index in [0.717, 1.165) is 28.9 Å². The van der Waals surface area contributed by atoms with Gasteiger partial charge in [0.1, 0.15) is 5.82 Å². The molecule has 2 aliphatic carbocycles. The highest BCUT2D eigenvalue weighted by molar-refractivity contribution is 6.30. The third kappa shape index (κ3) is 4.94. The zero-order valence-corrected chi connectivity index (χ0v) is 18.2. The largest absolute Gasteiger partial charge is 0.205 e. The van der Waals surface area contributed by atoms with Crippen LogP contribution in [0.2, 0.25) is 5.02 Å². The van der Waals surface area contributed by atoms with Crippen molar-refractivity contribution in [1.29, 1.82) is 0 Å². The Hall–Kier alpha value is -1.60. The number of hydrogen-bond donors (Lipinski definition) is 0. The van der Waals surface area contributed by atoms with Gasteiger partial charge in [0.2, 0.25) is 0 Å². The summed E-state index contributed by atoms with van der Waals surface area (Å²) in [6.07, 6.45) is 15.5. The van der Waals surface area contributed by atoms with Crippen molar-refractivity contribution >= 4 is 11.6 Å². The van der Waals surface area contributed by atoms with Gasteiger partial charge in [-0.2, -0.15) is 0 Å². The maximum atomic E-state index is 13.8. The average molecular weight is 411 g/mol. The Balaban J connectivity index is 1.36. The first-order valence-electron chi connectivity index (χ1n) is 11.3. The van der Waals surface area contributed by atoms with E-state index in [1.807, 2.05) is 6.07 Å². The van der Waals surface area contributed by atoms with Gasteiger partial charge in [-0.05, 0) is 104 Å². The number of halogens is 2. The van der Waals surface area contributed by atoms with Crippen LogP contribution in [0.4, 0.5) is 4.39 Å². The summed E-state index contributed by atoms with van der Waals surface area (Å²) in [4.78, 5) is 0. The molecule has 0 heterocycles. The lowest BCUT2D eigenvalue weighted by molar-refractivity contribution is 0.115. The molecule has 2 saturated carbocycles. The first-order valence-corrected chi connectivity index (χ1v) is 11.7. The standard InChI is InChI=1S/C27H32ClF/c1-2-3-4-5-19-6-7-24-17-23(13-12-22(24)16-19)20-8-10-21(11-9-20)25-14-15-26(28)27(29)18-25/h2-3,8-11,14-15,18-19,22-24H,4-7,12-13,16-17H2,1H3/b3-2+. The third-order valence-electron chi connectivity index (χ3n) is 7.33. The highest BCUT2D eigenvalue weighted by atomic mass is 35.5. The maximum absolute atomic E-state index is 13.8. The summed E-state index contributed by atoms with van der Waals surface area (Å²) >= 11 is 5.81.